The highest BCUT2D eigenvalue weighted by atomic mass is 16.5. The van der Waals surface area contributed by atoms with Crippen LogP contribution < -0.4 is 9.75 Å². The molecule has 0 spiro atoms. The van der Waals surface area contributed by atoms with Crippen LogP contribution in [0.1, 0.15) is 11.1 Å². The fraction of sp³-hybridized carbons (Fsp3) is 0.111. The van der Waals surface area contributed by atoms with Crippen molar-refractivity contribution < 1.29 is 9.84 Å². The fourth-order valence-corrected chi connectivity index (χ4v) is 2.40. The third-order valence-electron chi connectivity index (χ3n) is 3.64. The number of benzene rings is 2. The molecule has 0 saturated carbocycles. The highest BCUT2D eigenvalue weighted by Crippen LogP contribution is 2.28. The topological polar surface area (TPSA) is 74.3 Å². The average Bonchev–Trinajstić information content (AvgIpc) is 3.15. The number of aromatic hydroxyl groups is 1. The first-order valence-corrected chi connectivity index (χ1v) is 7.33. The molecule has 3 aromatic rings. The number of nitrogens with zero attached hydrogens (tertiary/aromatic N) is 4. The molecule has 2 aromatic carbocycles. The molecule has 1 heterocycles. The summed E-state index contributed by atoms with van der Waals surface area (Å²) in [6, 6.07) is 14.7. The molecule has 6 heteroatoms. The zero-order chi connectivity index (χ0) is 16.9. The molecular formula is C18H16N4O2. The van der Waals surface area contributed by atoms with Crippen molar-refractivity contribution in [1.82, 2.24) is 9.66 Å². The Morgan fingerprint density at radius 2 is 2.04 bits per heavy atom. The molecule has 0 amide bonds. The van der Waals surface area contributed by atoms with Gasteiger partial charge in [-0.2, -0.15) is 5.26 Å². The van der Waals surface area contributed by atoms with Gasteiger partial charge in [0.05, 0.1) is 31.0 Å². The number of imidazole rings is 1. The summed E-state index contributed by atoms with van der Waals surface area (Å²) in [6.45, 7) is 0.541. The summed E-state index contributed by atoms with van der Waals surface area (Å²) < 4.78 is 7.03. The molecule has 0 unspecified atom stereocenters. The van der Waals surface area contributed by atoms with Crippen LogP contribution in [0.15, 0.2) is 61.2 Å². The maximum atomic E-state index is 9.74. The van der Waals surface area contributed by atoms with Gasteiger partial charge in [-0.3, -0.25) is 5.01 Å². The Bertz CT molecular complexity index is 852. The van der Waals surface area contributed by atoms with Crippen molar-refractivity contribution in [1.29, 1.82) is 5.26 Å². The number of nitriles is 1. The first-order valence-electron chi connectivity index (χ1n) is 7.33. The van der Waals surface area contributed by atoms with Crippen LogP contribution in [0.2, 0.25) is 0 Å². The quantitative estimate of drug-likeness (QED) is 0.782. The molecule has 0 fully saturated rings. The van der Waals surface area contributed by atoms with Gasteiger partial charge in [-0.05, 0) is 42.0 Å². The van der Waals surface area contributed by atoms with Crippen LogP contribution in [0.4, 0.5) is 5.69 Å². The first kappa shape index (κ1) is 15.4. The van der Waals surface area contributed by atoms with Crippen molar-refractivity contribution in [2.45, 2.75) is 6.54 Å². The largest absolute Gasteiger partial charge is 0.504 e. The Morgan fingerprint density at radius 1 is 1.25 bits per heavy atom. The van der Waals surface area contributed by atoms with Gasteiger partial charge < -0.3 is 9.84 Å². The lowest BCUT2D eigenvalue weighted by Crippen LogP contribution is -2.27. The van der Waals surface area contributed by atoms with Crippen molar-refractivity contribution in [3.05, 3.63) is 72.3 Å². The molecule has 0 aliphatic rings. The molecule has 0 radical (unpaired) electrons. The van der Waals surface area contributed by atoms with E-state index in [4.69, 9.17) is 10.00 Å². The van der Waals surface area contributed by atoms with Crippen LogP contribution in [0, 0.1) is 11.3 Å². The van der Waals surface area contributed by atoms with Gasteiger partial charge in [-0.15, -0.1) is 0 Å². The molecule has 6 nitrogen and oxygen atoms in total. The number of rotatable bonds is 5. The van der Waals surface area contributed by atoms with Crippen LogP contribution in [-0.2, 0) is 6.54 Å². The van der Waals surface area contributed by atoms with E-state index >= 15 is 0 Å². The van der Waals surface area contributed by atoms with Crippen molar-refractivity contribution >= 4 is 5.69 Å². The second-order valence-corrected chi connectivity index (χ2v) is 5.17. The summed E-state index contributed by atoms with van der Waals surface area (Å²) in [6.07, 6.45) is 5.25. The molecule has 0 aliphatic heterocycles. The van der Waals surface area contributed by atoms with Gasteiger partial charge in [-0.25, -0.2) is 9.66 Å². The Balaban J connectivity index is 1.95. The van der Waals surface area contributed by atoms with E-state index < -0.39 is 0 Å². The second kappa shape index (κ2) is 6.75. The summed E-state index contributed by atoms with van der Waals surface area (Å²) in [5.41, 5.74) is 2.48. The summed E-state index contributed by atoms with van der Waals surface area (Å²) in [4.78, 5) is 4.10. The summed E-state index contributed by atoms with van der Waals surface area (Å²) >= 11 is 0. The van der Waals surface area contributed by atoms with E-state index in [2.05, 4.69) is 11.1 Å². The van der Waals surface area contributed by atoms with E-state index in [1.54, 1.807) is 36.8 Å². The van der Waals surface area contributed by atoms with Gasteiger partial charge in [0.1, 0.15) is 6.33 Å². The number of methoxy groups -OCH3 is 1. The van der Waals surface area contributed by atoms with Crippen molar-refractivity contribution in [3.8, 4) is 17.6 Å². The minimum atomic E-state index is 0.105. The lowest BCUT2D eigenvalue weighted by Gasteiger charge is -2.26. The van der Waals surface area contributed by atoms with Gasteiger partial charge in [-0.1, -0.05) is 6.07 Å². The highest BCUT2D eigenvalue weighted by Gasteiger charge is 2.11. The van der Waals surface area contributed by atoms with Gasteiger partial charge in [0.15, 0.2) is 11.5 Å². The van der Waals surface area contributed by atoms with Gasteiger partial charge in [0.2, 0.25) is 0 Å². The van der Waals surface area contributed by atoms with Crippen molar-refractivity contribution in [2.75, 3.05) is 12.1 Å². The molecule has 24 heavy (non-hydrogen) atoms. The molecular weight excluding hydrogens is 304 g/mol. The Hall–Kier alpha value is -3.46. The van der Waals surface area contributed by atoms with Gasteiger partial charge in [0, 0.05) is 12.4 Å². The Labute approximate surface area is 139 Å². The smallest absolute Gasteiger partial charge is 0.160 e. The monoisotopic (exact) mass is 320 g/mol. The summed E-state index contributed by atoms with van der Waals surface area (Å²) in [5.74, 6) is 0.534. The van der Waals surface area contributed by atoms with Crippen LogP contribution in [0.5, 0.6) is 11.5 Å². The Morgan fingerprint density at radius 3 is 2.67 bits per heavy atom. The van der Waals surface area contributed by atoms with Gasteiger partial charge in [0.25, 0.3) is 0 Å². The number of hydrogen-bond acceptors (Lipinski definition) is 5. The zero-order valence-corrected chi connectivity index (χ0v) is 13.1. The molecule has 0 saturated heterocycles. The van der Waals surface area contributed by atoms with Crippen LogP contribution in [-0.4, -0.2) is 21.9 Å². The maximum absolute atomic E-state index is 9.74. The fourth-order valence-electron chi connectivity index (χ4n) is 2.40. The van der Waals surface area contributed by atoms with Crippen molar-refractivity contribution in [2.24, 2.45) is 0 Å². The van der Waals surface area contributed by atoms with E-state index in [1.807, 2.05) is 34.1 Å². The molecule has 0 atom stereocenters. The predicted octanol–water partition coefficient (Wildman–Crippen LogP) is 2.94. The van der Waals surface area contributed by atoms with E-state index in [1.165, 1.54) is 7.11 Å². The SMILES string of the molecule is COc1cc(CN(c2ccc(C#N)cc2)n2ccnc2)ccc1O. The third-order valence-corrected chi connectivity index (χ3v) is 3.64. The minimum Gasteiger partial charge on any atom is -0.504 e. The van der Waals surface area contributed by atoms with Crippen LogP contribution in [0.3, 0.4) is 0 Å². The van der Waals surface area contributed by atoms with Crippen LogP contribution >= 0.6 is 0 Å². The van der Waals surface area contributed by atoms with E-state index in [0.29, 0.717) is 17.9 Å². The second-order valence-electron chi connectivity index (χ2n) is 5.17. The number of phenols is 1. The standard InChI is InChI=1S/C18H16N4O2/c1-24-18-10-15(4-7-17(18)23)12-22(21-9-8-20-13-21)16-5-2-14(11-19)3-6-16/h2-10,13,23H,12H2,1H3. The summed E-state index contributed by atoms with van der Waals surface area (Å²) in [5, 5.41) is 20.7. The maximum Gasteiger partial charge on any atom is 0.160 e. The van der Waals surface area contributed by atoms with Crippen molar-refractivity contribution in [3.63, 3.8) is 0 Å². The Kier molecular flexibility index (Phi) is 4.34. The number of aromatic nitrogens is 2. The molecule has 0 aliphatic carbocycles. The normalized spacial score (nSPS) is 10.2. The average molecular weight is 320 g/mol. The number of ether oxygens (including phenoxy) is 1. The predicted molar refractivity (Wildman–Crippen MR) is 89.6 cm³/mol. The third kappa shape index (κ3) is 3.15. The number of phenolic OH excluding ortho intramolecular Hbond substituents is 1. The van der Waals surface area contributed by atoms with E-state index in [9.17, 15) is 5.11 Å². The minimum absolute atomic E-state index is 0.105. The molecule has 120 valence electrons. The van der Waals surface area contributed by atoms with Gasteiger partial charge >= 0.3 is 0 Å². The molecule has 0 bridgehead atoms. The lowest BCUT2D eigenvalue weighted by molar-refractivity contribution is 0.373. The van der Waals surface area contributed by atoms with E-state index in [0.717, 1.165) is 11.3 Å². The molecule has 1 N–H and O–H groups in total. The lowest BCUT2D eigenvalue weighted by atomic mass is 10.1. The number of anilines is 1. The molecule has 3 rings (SSSR count). The molecule has 1 aromatic heterocycles. The zero-order valence-electron chi connectivity index (χ0n) is 13.1. The number of hydrogen-bond donors (Lipinski definition) is 1. The van der Waals surface area contributed by atoms with Crippen LogP contribution in [0.25, 0.3) is 0 Å². The first-order chi connectivity index (χ1) is 11.7. The summed E-state index contributed by atoms with van der Waals surface area (Å²) in [7, 11) is 1.52. The highest BCUT2D eigenvalue weighted by molar-refractivity contribution is 5.51. The van der Waals surface area contributed by atoms with E-state index in [-0.39, 0.29) is 5.75 Å².